The fourth-order valence-electron chi connectivity index (χ4n) is 1.19. The average molecular weight is 203 g/mol. The van der Waals surface area contributed by atoms with Crippen LogP contribution in [0.5, 0.6) is 5.75 Å². The van der Waals surface area contributed by atoms with Crippen molar-refractivity contribution in [3.63, 3.8) is 0 Å². The van der Waals surface area contributed by atoms with Gasteiger partial charge in [-0.15, -0.1) is 0 Å². The number of nitrogens with one attached hydrogen (secondary N) is 1. The van der Waals surface area contributed by atoms with Crippen molar-refractivity contribution in [2.75, 3.05) is 7.11 Å². The highest BCUT2D eigenvalue weighted by atomic mass is 16.5. The van der Waals surface area contributed by atoms with Crippen LogP contribution in [0, 0.1) is 0 Å². The van der Waals surface area contributed by atoms with Crippen molar-refractivity contribution >= 4 is 0 Å². The standard InChI is InChI=1S/C10H9N3O2/c1-15-8-4-2-7(3-5-8)9-6-11-10(14)13-12-9/h2-6H,1H3,(H,11,13,14). The van der Waals surface area contributed by atoms with Gasteiger partial charge in [-0.25, -0.2) is 9.89 Å². The van der Waals surface area contributed by atoms with Crippen molar-refractivity contribution in [2.45, 2.75) is 0 Å². The van der Waals surface area contributed by atoms with Crippen LogP contribution in [0.15, 0.2) is 35.3 Å². The van der Waals surface area contributed by atoms with Crippen molar-refractivity contribution in [1.29, 1.82) is 0 Å². The van der Waals surface area contributed by atoms with Crippen LogP contribution in [0.3, 0.4) is 0 Å². The number of rotatable bonds is 2. The largest absolute Gasteiger partial charge is 0.497 e. The summed E-state index contributed by atoms with van der Waals surface area (Å²) >= 11 is 0. The number of ether oxygens (including phenoxy) is 1. The smallest absolute Gasteiger partial charge is 0.361 e. The predicted octanol–water partition coefficient (Wildman–Crippen LogP) is 0.840. The first-order valence-corrected chi connectivity index (χ1v) is 4.36. The van der Waals surface area contributed by atoms with E-state index in [1.807, 2.05) is 24.3 Å². The number of nitrogens with zero attached hydrogens (tertiary/aromatic N) is 2. The molecule has 0 aliphatic heterocycles. The molecule has 2 aromatic rings. The SMILES string of the molecule is COc1ccc(-c2cnc(=O)[nH]n2)cc1. The van der Waals surface area contributed by atoms with Crippen LogP contribution in [0.4, 0.5) is 0 Å². The van der Waals surface area contributed by atoms with Crippen molar-refractivity contribution in [3.05, 3.63) is 40.9 Å². The fraction of sp³-hybridized carbons (Fsp3) is 0.100. The Kier molecular flexibility index (Phi) is 2.45. The Morgan fingerprint density at radius 3 is 2.53 bits per heavy atom. The number of benzene rings is 1. The zero-order valence-corrected chi connectivity index (χ0v) is 8.10. The normalized spacial score (nSPS) is 9.93. The summed E-state index contributed by atoms with van der Waals surface area (Å²) in [6.07, 6.45) is 1.43. The number of hydrogen-bond acceptors (Lipinski definition) is 4. The molecular formula is C10H9N3O2. The van der Waals surface area contributed by atoms with Gasteiger partial charge in [0, 0.05) is 5.56 Å². The maximum Gasteiger partial charge on any atom is 0.361 e. The molecule has 1 heterocycles. The van der Waals surface area contributed by atoms with E-state index in [1.54, 1.807) is 7.11 Å². The Hall–Kier alpha value is -2.17. The Bertz CT molecular complexity index is 484. The van der Waals surface area contributed by atoms with Crippen molar-refractivity contribution in [1.82, 2.24) is 15.2 Å². The molecule has 5 nitrogen and oxygen atoms in total. The van der Waals surface area contributed by atoms with Crippen LogP contribution in [-0.4, -0.2) is 22.3 Å². The van der Waals surface area contributed by atoms with Crippen LogP contribution in [0.25, 0.3) is 11.3 Å². The molecule has 0 aliphatic carbocycles. The Morgan fingerprint density at radius 1 is 1.27 bits per heavy atom. The van der Waals surface area contributed by atoms with Crippen LogP contribution >= 0.6 is 0 Å². The number of aromatic nitrogens is 3. The molecule has 0 bridgehead atoms. The van der Waals surface area contributed by atoms with E-state index in [0.29, 0.717) is 5.69 Å². The van der Waals surface area contributed by atoms with E-state index in [9.17, 15) is 4.79 Å². The van der Waals surface area contributed by atoms with Gasteiger partial charge in [0.1, 0.15) is 11.4 Å². The van der Waals surface area contributed by atoms with Gasteiger partial charge in [0.2, 0.25) is 0 Å². The molecule has 0 unspecified atom stereocenters. The third-order valence-electron chi connectivity index (χ3n) is 1.96. The second kappa shape index (κ2) is 3.91. The molecule has 76 valence electrons. The summed E-state index contributed by atoms with van der Waals surface area (Å²) in [5.41, 5.74) is 1.05. The molecule has 1 aromatic heterocycles. The van der Waals surface area contributed by atoms with E-state index in [4.69, 9.17) is 4.74 Å². The third kappa shape index (κ3) is 2.01. The molecule has 0 aliphatic rings. The van der Waals surface area contributed by atoms with E-state index in [2.05, 4.69) is 15.2 Å². The van der Waals surface area contributed by atoms with E-state index in [0.717, 1.165) is 11.3 Å². The molecule has 0 fully saturated rings. The minimum atomic E-state index is -0.452. The molecule has 1 aromatic carbocycles. The zero-order chi connectivity index (χ0) is 10.7. The molecule has 0 saturated heterocycles. The van der Waals surface area contributed by atoms with E-state index < -0.39 is 5.69 Å². The van der Waals surface area contributed by atoms with Gasteiger partial charge in [-0.3, -0.25) is 0 Å². The van der Waals surface area contributed by atoms with Gasteiger partial charge in [-0.05, 0) is 24.3 Å². The Balaban J connectivity index is 2.37. The summed E-state index contributed by atoms with van der Waals surface area (Å²) in [6, 6.07) is 7.34. The van der Waals surface area contributed by atoms with Crippen LogP contribution in [-0.2, 0) is 0 Å². The number of methoxy groups -OCH3 is 1. The lowest BCUT2D eigenvalue weighted by molar-refractivity contribution is 0.415. The van der Waals surface area contributed by atoms with Gasteiger partial charge >= 0.3 is 5.69 Å². The number of H-pyrrole nitrogens is 1. The molecule has 2 rings (SSSR count). The van der Waals surface area contributed by atoms with Gasteiger partial charge < -0.3 is 4.74 Å². The highest BCUT2D eigenvalue weighted by molar-refractivity contribution is 5.58. The molecule has 0 amide bonds. The van der Waals surface area contributed by atoms with Gasteiger partial charge in [0.15, 0.2) is 0 Å². The van der Waals surface area contributed by atoms with Crippen molar-refractivity contribution in [2.24, 2.45) is 0 Å². The maximum absolute atomic E-state index is 10.7. The summed E-state index contributed by atoms with van der Waals surface area (Å²) in [5, 5.41) is 6.14. The molecule has 0 saturated carbocycles. The van der Waals surface area contributed by atoms with Crippen molar-refractivity contribution < 1.29 is 4.74 Å². The monoisotopic (exact) mass is 203 g/mol. The predicted molar refractivity (Wildman–Crippen MR) is 54.6 cm³/mol. The molecule has 15 heavy (non-hydrogen) atoms. The summed E-state index contributed by atoms with van der Waals surface area (Å²) in [7, 11) is 1.61. The van der Waals surface area contributed by atoms with E-state index in [1.165, 1.54) is 6.20 Å². The quantitative estimate of drug-likeness (QED) is 0.785. The molecule has 5 heteroatoms. The molecule has 0 radical (unpaired) electrons. The third-order valence-corrected chi connectivity index (χ3v) is 1.96. The summed E-state index contributed by atoms with van der Waals surface area (Å²) in [4.78, 5) is 14.3. The Labute approximate surface area is 85.8 Å². The van der Waals surface area contributed by atoms with Gasteiger partial charge in [0.05, 0.1) is 13.3 Å². The lowest BCUT2D eigenvalue weighted by Crippen LogP contribution is -2.11. The van der Waals surface area contributed by atoms with Gasteiger partial charge in [-0.2, -0.15) is 10.1 Å². The first-order chi connectivity index (χ1) is 7.29. The lowest BCUT2D eigenvalue weighted by Gasteiger charge is -2.01. The minimum absolute atomic E-state index is 0.452. The van der Waals surface area contributed by atoms with Crippen LogP contribution in [0.2, 0.25) is 0 Å². The number of hydrogen-bond donors (Lipinski definition) is 1. The molecule has 1 N–H and O–H groups in total. The topological polar surface area (TPSA) is 67.9 Å². The number of aromatic amines is 1. The van der Waals surface area contributed by atoms with E-state index >= 15 is 0 Å². The summed E-state index contributed by atoms with van der Waals surface area (Å²) < 4.78 is 5.03. The maximum atomic E-state index is 10.7. The summed E-state index contributed by atoms with van der Waals surface area (Å²) in [6.45, 7) is 0. The second-order valence-electron chi connectivity index (χ2n) is 2.90. The van der Waals surface area contributed by atoms with E-state index in [-0.39, 0.29) is 0 Å². The first kappa shape index (κ1) is 9.39. The minimum Gasteiger partial charge on any atom is -0.497 e. The zero-order valence-electron chi connectivity index (χ0n) is 8.10. The van der Waals surface area contributed by atoms with Crippen LogP contribution in [0.1, 0.15) is 0 Å². The first-order valence-electron chi connectivity index (χ1n) is 4.36. The molecule has 0 atom stereocenters. The van der Waals surface area contributed by atoms with Crippen LogP contribution < -0.4 is 10.4 Å². The van der Waals surface area contributed by atoms with Crippen molar-refractivity contribution in [3.8, 4) is 17.0 Å². The lowest BCUT2D eigenvalue weighted by atomic mass is 10.2. The highest BCUT2D eigenvalue weighted by Gasteiger charge is 1.99. The second-order valence-corrected chi connectivity index (χ2v) is 2.90. The molecular weight excluding hydrogens is 194 g/mol. The highest BCUT2D eigenvalue weighted by Crippen LogP contribution is 2.18. The Morgan fingerprint density at radius 2 is 2.00 bits per heavy atom. The molecule has 0 spiro atoms. The summed E-state index contributed by atoms with van der Waals surface area (Å²) in [5.74, 6) is 0.774. The average Bonchev–Trinajstić information content (AvgIpc) is 2.30. The fourth-order valence-corrected chi connectivity index (χ4v) is 1.19. The van der Waals surface area contributed by atoms with Gasteiger partial charge in [0.25, 0.3) is 0 Å². The van der Waals surface area contributed by atoms with Gasteiger partial charge in [-0.1, -0.05) is 0 Å².